The molecule has 0 radical (unpaired) electrons. The first-order chi connectivity index (χ1) is 5.64. The zero-order chi connectivity index (χ0) is 9.19. The van der Waals surface area contributed by atoms with E-state index in [9.17, 15) is 4.79 Å². The minimum Gasteiger partial charge on any atom is -0.467 e. The van der Waals surface area contributed by atoms with Crippen LogP contribution in [-0.4, -0.2) is 24.8 Å². The second kappa shape index (κ2) is 3.27. The van der Waals surface area contributed by atoms with Gasteiger partial charge in [0.15, 0.2) is 6.10 Å². The predicted octanol–water partition coefficient (Wildman–Crippen LogP) is 1.28. The second-order valence-corrected chi connectivity index (χ2v) is 3.16. The zero-order valence-corrected chi connectivity index (χ0v) is 7.50. The molecule has 68 valence electrons. The van der Waals surface area contributed by atoms with E-state index in [1.54, 1.807) is 0 Å². The third-order valence-corrected chi connectivity index (χ3v) is 2.14. The Bertz CT molecular complexity index is 200. The molecule has 0 amide bonds. The van der Waals surface area contributed by atoms with Crippen LogP contribution in [0.25, 0.3) is 0 Å². The molecular formula is C9H14O3. The Morgan fingerprint density at radius 2 is 2.50 bits per heavy atom. The highest BCUT2D eigenvalue weighted by Gasteiger charge is 2.57. The Hall–Kier alpha value is -0.830. The summed E-state index contributed by atoms with van der Waals surface area (Å²) in [7, 11) is 1.37. The van der Waals surface area contributed by atoms with Gasteiger partial charge < -0.3 is 9.47 Å². The molecule has 1 fully saturated rings. The van der Waals surface area contributed by atoms with Gasteiger partial charge in [-0.3, -0.25) is 0 Å². The van der Waals surface area contributed by atoms with Crippen LogP contribution in [-0.2, 0) is 14.3 Å². The smallest absolute Gasteiger partial charge is 0.338 e. The third kappa shape index (κ3) is 1.67. The molecule has 2 atom stereocenters. The summed E-state index contributed by atoms with van der Waals surface area (Å²) in [6.07, 6.45) is 3.16. The predicted molar refractivity (Wildman–Crippen MR) is 44.7 cm³/mol. The molecule has 3 heteroatoms. The second-order valence-electron chi connectivity index (χ2n) is 3.16. The number of epoxide rings is 1. The molecule has 0 aromatic carbocycles. The fourth-order valence-electron chi connectivity index (χ4n) is 1.22. The highest BCUT2D eigenvalue weighted by Crippen LogP contribution is 2.40. The number of esters is 1. The van der Waals surface area contributed by atoms with Gasteiger partial charge in [0.2, 0.25) is 0 Å². The lowest BCUT2D eigenvalue weighted by Crippen LogP contribution is -2.18. The van der Waals surface area contributed by atoms with E-state index in [-0.39, 0.29) is 17.7 Å². The fourth-order valence-corrected chi connectivity index (χ4v) is 1.22. The van der Waals surface area contributed by atoms with Crippen molar-refractivity contribution in [1.29, 1.82) is 0 Å². The number of rotatable bonds is 4. The number of carbonyl (C=O) groups excluding carboxylic acids is 1. The minimum atomic E-state index is -0.359. The number of carbonyl (C=O) groups is 1. The van der Waals surface area contributed by atoms with Crippen LogP contribution < -0.4 is 0 Å². The molecule has 1 aliphatic heterocycles. The van der Waals surface area contributed by atoms with Crippen LogP contribution in [0.1, 0.15) is 19.8 Å². The molecular weight excluding hydrogens is 156 g/mol. The van der Waals surface area contributed by atoms with Crippen molar-refractivity contribution < 1.29 is 14.3 Å². The Morgan fingerprint density at radius 3 is 3.00 bits per heavy atom. The van der Waals surface area contributed by atoms with Gasteiger partial charge in [-0.05, 0) is 19.8 Å². The summed E-state index contributed by atoms with van der Waals surface area (Å²) in [5.74, 6) is -0.276. The first-order valence-electron chi connectivity index (χ1n) is 4.00. The minimum absolute atomic E-state index is 0.276. The summed E-state index contributed by atoms with van der Waals surface area (Å²) in [4.78, 5) is 11.0. The van der Waals surface area contributed by atoms with Gasteiger partial charge in [0, 0.05) is 0 Å². The molecule has 1 rings (SSSR count). The van der Waals surface area contributed by atoms with Gasteiger partial charge in [-0.1, -0.05) is 6.08 Å². The van der Waals surface area contributed by atoms with E-state index >= 15 is 0 Å². The zero-order valence-electron chi connectivity index (χ0n) is 7.50. The summed E-state index contributed by atoms with van der Waals surface area (Å²) in [5, 5.41) is 0. The summed E-state index contributed by atoms with van der Waals surface area (Å²) in [6.45, 7) is 5.52. The third-order valence-electron chi connectivity index (χ3n) is 2.14. The Balaban J connectivity index is 2.37. The van der Waals surface area contributed by atoms with Crippen LogP contribution in [0.2, 0.25) is 0 Å². The van der Waals surface area contributed by atoms with Gasteiger partial charge in [-0.25, -0.2) is 4.79 Å². The van der Waals surface area contributed by atoms with Crippen molar-refractivity contribution in [2.24, 2.45) is 0 Å². The largest absolute Gasteiger partial charge is 0.467 e. The van der Waals surface area contributed by atoms with E-state index in [1.807, 2.05) is 13.0 Å². The Kier molecular flexibility index (Phi) is 2.52. The van der Waals surface area contributed by atoms with E-state index in [0.29, 0.717) is 0 Å². The van der Waals surface area contributed by atoms with Crippen LogP contribution in [0, 0.1) is 0 Å². The molecule has 1 aliphatic rings. The standard InChI is InChI=1S/C9H14O3/c1-4-5-6-9(2)7(12-9)8(10)11-3/h4,7H,1,5-6H2,2-3H3. The van der Waals surface area contributed by atoms with Crippen LogP contribution in [0.4, 0.5) is 0 Å². The SMILES string of the molecule is C=CCCC1(C)OC1C(=O)OC. The number of hydrogen-bond acceptors (Lipinski definition) is 3. The number of methoxy groups -OCH3 is 1. The normalized spacial score (nSPS) is 32.7. The molecule has 1 saturated heterocycles. The monoisotopic (exact) mass is 170 g/mol. The molecule has 0 aliphatic carbocycles. The topological polar surface area (TPSA) is 38.8 Å². The van der Waals surface area contributed by atoms with Crippen molar-refractivity contribution in [3.63, 3.8) is 0 Å². The summed E-state index contributed by atoms with van der Waals surface area (Å²) in [6, 6.07) is 0. The molecule has 0 saturated carbocycles. The van der Waals surface area contributed by atoms with Gasteiger partial charge in [-0.2, -0.15) is 0 Å². The van der Waals surface area contributed by atoms with Crippen molar-refractivity contribution in [3.8, 4) is 0 Å². The number of ether oxygens (including phenoxy) is 2. The lowest BCUT2D eigenvalue weighted by atomic mass is 10.0. The van der Waals surface area contributed by atoms with Crippen LogP contribution >= 0.6 is 0 Å². The molecule has 0 spiro atoms. The molecule has 12 heavy (non-hydrogen) atoms. The molecule has 1 heterocycles. The maximum absolute atomic E-state index is 11.0. The average Bonchev–Trinajstić information content (AvgIpc) is 2.74. The quantitative estimate of drug-likeness (QED) is 0.362. The van der Waals surface area contributed by atoms with Crippen LogP contribution in [0.15, 0.2) is 12.7 Å². The van der Waals surface area contributed by atoms with E-state index in [1.165, 1.54) is 7.11 Å². The molecule has 0 aromatic rings. The van der Waals surface area contributed by atoms with E-state index < -0.39 is 0 Å². The summed E-state index contributed by atoms with van der Waals surface area (Å²) < 4.78 is 9.80. The van der Waals surface area contributed by atoms with Crippen molar-refractivity contribution in [3.05, 3.63) is 12.7 Å². The average molecular weight is 170 g/mol. The summed E-state index contributed by atoms with van der Waals surface area (Å²) >= 11 is 0. The maximum Gasteiger partial charge on any atom is 0.338 e. The summed E-state index contributed by atoms with van der Waals surface area (Å²) in [5.41, 5.74) is -0.304. The molecule has 3 nitrogen and oxygen atoms in total. The van der Waals surface area contributed by atoms with E-state index in [2.05, 4.69) is 11.3 Å². The molecule has 2 unspecified atom stereocenters. The highest BCUT2D eigenvalue weighted by atomic mass is 16.6. The van der Waals surface area contributed by atoms with Gasteiger partial charge in [0.25, 0.3) is 0 Å². The lowest BCUT2D eigenvalue weighted by molar-refractivity contribution is -0.142. The molecule has 0 aromatic heterocycles. The van der Waals surface area contributed by atoms with Crippen LogP contribution in [0.5, 0.6) is 0 Å². The van der Waals surface area contributed by atoms with Gasteiger partial charge in [0.1, 0.15) is 5.60 Å². The number of allylic oxidation sites excluding steroid dienone is 1. The Morgan fingerprint density at radius 1 is 1.83 bits per heavy atom. The van der Waals surface area contributed by atoms with E-state index in [4.69, 9.17) is 4.74 Å². The van der Waals surface area contributed by atoms with Crippen LogP contribution in [0.3, 0.4) is 0 Å². The lowest BCUT2D eigenvalue weighted by Gasteiger charge is -2.01. The Labute approximate surface area is 72.4 Å². The first kappa shape index (κ1) is 9.26. The van der Waals surface area contributed by atoms with E-state index in [0.717, 1.165) is 12.8 Å². The van der Waals surface area contributed by atoms with Crippen molar-refractivity contribution in [2.45, 2.75) is 31.5 Å². The van der Waals surface area contributed by atoms with Crippen molar-refractivity contribution in [2.75, 3.05) is 7.11 Å². The maximum atomic E-state index is 11.0. The van der Waals surface area contributed by atoms with Gasteiger partial charge >= 0.3 is 5.97 Å². The molecule has 0 N–H and O–H groups in total. The van der Waals surface area contributed by atoms with Gasteiger partial charge in [0.05, 0.1) is 7.11 Å². The van der Waals surface area contributed by atoms with Crippen molar-refractivity contribution in [1.82, 2.24) is 0 Å². The highest BCUT2D eigenvalue weighted by molar-refractivity contribution is 5.79. The van der Waals surface area contributed by atoms with Gasteiger partial charge in [-0.15, -0.1) is 6.58 Å². The number of hydrogen-bond donors (Lipinski definition) is 0. The van der Waals surface area contributed by atoms with Crippen molar-refractivity contribution >= 4 is 5.97 Å². The molecule has 0 bridgehead atoms. The fraction of sp³-hybridized carbons (Fsp3) is 0.667. The first-order valence-corrected chi connectivity index (χ1v) is 4.00.